The number of carboxylic acid groups (broad SMARTS) is 4. The minimum Gasteiger partial charge on any atom is -0.494 e. The zero-order valence-electron chi connectivity index (χ0n) is 73.5. The quantitative estimate of drug-likeness (QED) is 0.0160. The number of ether oxygens (including phenoxy) is 4. The van der Waals surface area contributed by atoms with Crippen LogP contribution in [0.15, 0.2) is 309 Å². The molecule has 28 heteroatoms. The van der Waals surface area contributed by atoms with Gasteiger partial charge < -0.3 is 39.4 Å². The Morgan fingerprint density at radius 3 is 0.729 bits per heavy atom. The van der Waals surface area contributed by atoms with Gasteiger partial charge in [-0.05, 0) is 148 Å². The first-order chi connectivity index (χ1) is 63.6. The van der Waals surface area contributed by atoms with E-state index in [9.17, 15) is 58.7 Å². The minimum atomic E-state index is -4.54. The Kier molecular flexibility index (Phi) is 43.4. The number of esters is 1. The summed E-state index contributed by atoms with van der Waals surface area (Å²) in [5.41, 5.74) is 7.23. The van der Waals surface area contributed by atoms with E-state index in [4.69, 9.17) is 74.2 Å². The second kappa shape index (κ2) is 54.5. The summed E-state index contributed by atoms with van der Waals surface area (Å²) in [4.78, 5) is 58.3. The van der Waals surface area contributed by atoms with E-state index in [0.717, 1.165) is 58.5 Å². The van der Waals surface area contributed by atoms with Crippen LogP contribution in [-0.4, -0.2) is 131 Å². The molecule has 0 aliphatic heterocycles. The summed E-state index contributed by atoms with van der Waals surface area (Å²) in [7, 11) is 0. The van der Waals surface area contributed by atoms with Crippen molar-refractivity contribution in [1.29, 1.82) is 0 Å². The third kappa shape index (κ3) is 37.6. The van der Waals surface area contributed by atoms with E-state index in [1.54, 1.807) is 97.9 Å². The highest BCUT2D eigenvalue weighted by molar-refractivity contribution is 6.33. The lowest BCUT2D eigenvalue weighted by atomic mass is 9.90. The van der Waals surface area contributed by atoms with Crippen molar-refractivity contribution in [2.75, 3.05) is 65.7 Å². The summed E-state index contributed by atoms with van der Waals surface area (Å²) >= 11 is 18.9. The molecule has 0 spiro atoms. The van der Waals surface area contributed by atoms with Crippen LogP contribution in [0.25, 0.3) is 0 Å². The van der Waals surface area contributed by atoms with Crippen LogP contribution >= 0.6 is 34.8 Å². The van der Waals surface area contributed by atoms with Gasteiger partial charge in [-0.3, -0.25) is 38.7 Å². The molecular weight excluding hydrogens is 1790 g/mol. The second-order valence-corrected chi connectivity index (χ2v) is 32.0. The molecule has 702 valence electrons. The molecule has 0 unspecified atom stereocenters. The molecule has 0 bridgehead atoms. The zero-order valence-corrected chi connectivity index (χ0v) is 75.7. The first kappa shape index (κ1) is 106. The summed E-state index contributed by atoms with van der Waals surface area (Å²) in [6.45, 7) is 9.75. The number of alkyl halides is 9. The molecule has 0 saturated heterocycles. The van der Waals surface area contributed by atoms with E-state index in [2.05, 4.69) is 92.2 Å². The smallest absolute Gasteiger partial charge is 0.417 e. The Labute approximate surface area is 783 Å². The molecule has 0 fully saturated rings. The SMILES string of the molecule is CC(=O)O.CCOC(C)=O.O=C(O)Cc1cccc(OCCCN(Cc2cccc(C(F)(F)F)c2Cl)CC(c2ccccc2)c2ccccc2)c1.O=C(O)Cc1cccc(OCCCN(Cc2cccc(C(F)(F)F)c2Cl)CC(c2ccccc2)c2ccccc2)c1.O=C(O)Cc1cccc(OCCCN(Cc2cccc(C(F)(F)F)c2Cl)CC(c2ccccc2)c2ccccc2)c1. The van der Waals surface area contributed by atoms with E-state index in [0.29, 0.717) is 136 Å². The van der Waals surface area contributed by atoms with E-state index in [1.807, 2.05) is 109 Å². The molecule has 0 heterocycles. The molecule has 0 atom stereocenters. The normalized spacial score (nSPS) is 11.3. The Morgan fingerprint density at radius 2 is 0.541 bits per heavy atom. The molecule has 0 saturated carbocycles. The second-order valence-electron chi connectivity index (χ2n) is 30.9. The number of carboxylic acids is 4. The Hall–Kier alpha value is -12.5. The van der Waals surface area contributed by atoms with Gasteiger partial charge in [-0.15, -0.1) is 0 Å². The molecule has 12 aromatic carbocycles. The van der Waals surface area contributed by atoms with Crippen molar-refractivity contribution in [2.45, 2.75) is 115 Å². The van der Waals surface area contributed by atoms with Crippen molar-refractivity contribution < 1.29 is 103 Å². The highest BCUT2D eigenvalue weighted by Crippen LogP contribution is 2.41. The number of benzene rings is 12. The van der Waals surface area contributed by atoms with Gasteiger partial charge in [0.2, 0.25) is 0 Å². The number of aliphatic carboxylic acids is 4. The van der Waals surface area contributed by atoms with Gasteiger partial charge in [0.05, 0.1) is 77.4 Å². The standard InChI is InChI=1S/3C33H31ClF3NO3.C4H8O2.C2H4O2/c3*34-32-27(15-8-17-30(32)33(35,36)37)22-38(18-9-19-41-28-16-7-10-24(20-28)21-31(39)40)23-29(25-11-3-1-4-12-25)26-13-5-2-6-14-26;1-3-6-4(2)5;1-2(3)4/h3*1-8,10-17,20,29H,9,18-19,21-23H2,(H,39,40);3H2,1-2H3;1H3,(H,3,4). The fourth-order valence-electron chi connectivity index (χ4n) is 14.7. The molecule has 12 rings (SSSR count). The number of carbonyl (C=O) groups excluding carboxylic acids is 1. The molecule has 0 aliphatic rings. The van der Waals surface area contributed by atoms with Crippen molar-refractivity contribution in [2.24, 2.45) is 0 Å². The third-order valence-electron chi connectivity index (χ3n) is 20.6. The number of nitrogens with zero attached hydrogens (tertiary/aromatic N) is 3. The molecule has 0 aliphatic carbocycles. The zero-order chi connectivity index (χ0) is 96.3. The first-order valence-corrected chi connectivity index (χ1v) is 43.9. The van der Waals surface area contributed by atoms with Crippen LogP contribution in [0.1, 0.15) is 141 Å². The number of hydrogen-bond donors (Lipinski definition) is 4. The van der Waals surface area contributed by atoms with E-state index in [-0.39, 0.29) is 77.7 Å². The van der Waals surface area contributed by atoms with Gasteiger partial charge in [-0.2, -0.15) is 39.5 Å². The topological polar surface area (TPSA) is 213 Å². The fraction of sp³-hybridized carbons (Fsp3) is 0.267. The van der Waals surface area contributed by atoms with Gasteiger partial charge >= 0.3 is 42.4 Å². The van der Waals surface area contributed by atoms with E-state index >= 15 is 0 Å². The van der Waals surface area contributed by atoms with Crippen LogP contribution < -0.4 is 14.2 Å². The van der Waals surface area contributed by atoms with Gasteiger partial charge in [0.25, 0.3) is 5.97 Å². The van der Waals surface area contributed by atoms with Gasteiger partial charge in [-0.25, -0.2) is 0 Å². The first-order valence-electron chi connectivity index (χ1n) is 42.8. The van der Waals surface area contributed by atoms with Crippen LogP contribution in [0.3, 0.4) is 0 Å². The molecule has 0 amide bonds. The predicted octanol–water partition coefficient (Wildman–Crippen LogP) is 24.9. The Morgan fingerprint density at radius 1 is 0.323 bits per heavy atom. The Bertz CT molecular complexity index is 4920. The molecular formula is C105H105Cl3F9N3O13. The maximum absolute atomic E-state index is 13.6. The average molecular weight is 1890 g/mol. The molecule has 4 N–H and O–H groups in total. The highest BCUT2D eigenvalue weighted by Gasteiger charge is 2.37. The van der Waals surface area contributed by atoms with Crippen LogP contribution in [0.4, 0.5) is 39.5 Å². The van der Waals surface area contributed by atoms with Crippen molar-refractivity contribution in [3.63, 3.8) is 0 Å². The maximum atomic E-state index is 13.6. The van der Waals surface area contributed by atoms with Crippen LogP contribution in [-0.2, 0) is 86.1 Å². The lowest BCUT2D eigenvalue weighted by molar-refractivity contribution is -0.141. The average Bonchev–Trinajstić information content (AvgIpc) is 0.817. The monoisotopic (exact) mass is 1890 g/mol. The van der Waals surface area contributed by atoms with Crippen molar-refractivity contribution in [3.05, 3.63) is 408 Å². The summed E-state index contributed by atoms with van der Waals surface area (Å²) < 4.78 is 144. The van der Waals surface area contributed by atoms with Crippen LogP contribution in [0.5, 0.6) is 17.2 Å². The van der Waals surface area contributed by atoms with Crippen LogP contribution in [0.2, 0.25) is 15.1 Å². The van der Waals surface area contributed by atoms with Crippen LogP contribution in [0, 0.1) is 0 Å². The number of carbonyl (C=O) groups is 5. The molecule has 0 aromatic heterocycles. The minimum absolute atomic E-state index is 0.0180. The lowest BCUT2D eigenvalue weighted by Gasteiger charge is -2.29. The van der Waals surface area contributed by atoms with Gasteiger partial charge in [0.15, 0.2) is 0 Å². The number of hydrogen-bond acceptors (Lipinski definition) is 12. The highest BCUT2D eigenvalue weighted by atomic mass is 35.5. The third-order valence-corrected chi connectivity index (χ3v) is 22.0. The number of rotatable bonds is 40. The Balaban J connectivity index is 0.000000233. The van der Waals surface area contributed by atoms with Crippen molar-refractivity contribution in [3.8, 4) is 17.2 Å². The lowest BCUT2D eigenvalue weighted by Crippen LogP contribution is -2.31. The van der Waals surface area contributed by atoms with Crippen molar-refractivity contribution >= 4 is 64.6 Å². The maximum Gasteiger partial charge on any atom is 0.417 e. The summed E-state index contributed by atoms with van der Waals surface area (Å²) in [5.74, 6) is -2.14. The molecule has 0 radical (unpaired) electrons. The summed E-state index contributed by atoms with van der Waals surface area (Å²) in [6.07, 6.45) is -12.1. The molecule has 133 heavy (non-hydrogen) atoms. The number of halogens is 12. The van der Waals surface area contributed by atoms with Gasteiger partial charge in [0, 0.05) is 90.5 Å². The fourth-order valence-corrected chi connectivity index (χ4v) is 15.6. The summed E-state index contributed by atoms with van der Waals surface area (Å²) in [6, 6.07) is 93.1. The summed E-state index contributed by atoms with van der Waals surface area (Å²) in [5, 5.41) is 33.7. The largest absolute Gasteiger partial charge is 0.494 e. The van der Waals surface area contributed by atoms with E-state index < -0.39 is 59.1 Å². The van der Waals surface area contributed by atoms with Gasteiger partial charge in [-0.1, -0.05) is 290 Å². The van der Waals surface area contributed by atoms with Gasteiger partial charge in [0.1, 0.15) is 17.2 Å². The predicted molar refractivity (Wildman–Crippen MR) is 499 cm³/mol. The molecule has 12 aromatic rings. The van der Waals surface area contributed by atoms with E-state index in [1.165, 1.54) is 25.1 Å². The van der Waals surface area contributed by atoms with Crippen molar-refractivity contribution in [1.82, 2.24) is 14.7 Å². The molecule has 16 nitrogen and oxygen atoms in total.